The van der Waals surface area contributed by atoms with Crippen LogP contribution < -0.4 is 19.9 Å². The molecule has 1 aromatic heterocycles. The van der Waals surface area contributed by atoms with E-state index in [9.17, 15) is 4.79 Å². The van der Waals surface area contributed by atoms with Crippen LogP contribution >= 0.6 is 0 Å². The molecule has 1 aromatic carbocycles. The monoisotopic (exact) mass is 276 g/mol. The van der Waals surface area contributed by atoms with Crippen LogP contribution in [0.3, 0.4) is 0 Å². The van der Waals surface area contributed by atoms with Crippen LogP contribution in [0.25, 0.3) is 0 Å². The Morgan fingerprint density at radius 1 is 1.05 bits per heavy atom. The molecule has 6 nitrogen and oxygen atoms in total. The number of ether oxygens (including phenoxy) is 3. The number of hydrogen-bond acceptors (Lipinski definition) is 5. The highest BCUT2D eigenvalue weighted by atomic mass is 16.5. The van der Waals surface area contributed by atoms with E-state index in [0.717, 1.165) is 0 Å². The molecule has 0 spiro atoms. The van der Waals surface area contributed by atoms with E-state index in [1.807, 2.05) is 6.07 Å². The number of rotatable bonds is 3. The van der Waals surface area contributed by atoms with Crippen molar-refractivity contribution in [1.82, 2.24) is 4.98 Å². The van der Waals surface area contributed by atoms with Crippen molar-refractivity contribution in [3.05, 3.63) is 48.7 Å². The Morgan fingerprint density at radius 3 is 2.25 bits per heavy atom. The average molecular weight is 276 g/mol. The maximum atomic E-state index is 10.2. The fourth-order valence-corrected chi connectivity index (χ4v) is 1.29. The van der Waals surface area contributed by atoms with Gasteiger partial charge >= 0.3 is 6.09 Å². The Morgan fingerprint density at radius 2 is 1.75 bits per heavy atom. The van der Waals surface area contributed by atoms with Gasteiger partial charge in [-0.2, -0.15) is 0 Å². The summed E-state index contributed by atoms with van der Waals surface area (Å²) in [4.78, 5) is 14.1. The zero-order valence-electron chi connectivity index (χ0n) is 11.3. The van der Waals surface area contributed by atoms with Crippen molar-refractivity contribution in [3.8, 4) is 17.4 Å². The first-order valence-corrected chi connectivity index (χ1v) is 5.72. The Balaban J connectivity index is 0.000000200. The minimum absolute atomic E-state index is 0.468. The maximum absolute atomic E-state index is 10.2. The lowest BCUT2D eigenvalue weighted by Crippen LogP contribution is -2.15. The van der Waals surface area contributed by atoms with Crippen molar-refractivity contribution in [3.63, 3.8) is 0 Å². The number of pyridine rings is 1. The van der Waals surface area contributed by atoms with Crippen LogP contribution in [0.1, 0.15) is 0 Å². The summed E-state index contributed by atoms with van der Waals surface area (Å²) in [5.74, 6) is 1.64. The molecule has 0 fully saturated rings. The second-order valence-corrected chi connectivity index (χ2v) is 3.45. The number of methoxy groups -OCH3 is 2. The van der Waals surface area contributed by atoms with Crippen molar-refractivity contribution in [2.75, 3.05) is 14.2 Å². The molecule has 0 aliphatic heterocycles. The fraction of sp³-hybridized carbons (Fsp3) is 0.143. The van der Waals surface area contributed by atoms with Crippen LogP contribution in [0.4, 0.5) is 4.79 Å². The molecule has 0 aliphatic rings. The molecule has 6 heteroatoms. The number of nitrogens with two attached hydrogens (primary N) is 1. The molecule has 0 saturated heterocycles. The maximum Gasteiger partial charge on any atom is 0.409 e. The number of carbonyl (C=O) groups excluding carboxylic acids is 1. The van der Waals surface area contributed by atoms with Gasteiger partial charge < -0.3 is 19.9 Å². The van der Waals surface area contributed by atoms with Crippen molar-refractivity contribution in [1.29, 1.82) is 0 Å². The molecule has 0 unspecified atom stereocenters. The van der Waals surface area contributed by atoms with E-state index in [2.05, 4.69) is 9.72 Å². The van der Waals surface area contributed by atoms with Gasteiger partial charge in [0.2, 0.25) is 0 Å². The summed E-state index contributed by atoms with van der Waals surface area (Å²) in [5, 5.41) is 0. The minimum atomic E-state index is -0.786. The third-order valence-corrected chi connectivity index (χ3v) is 2.11. The van der Waals surface area contributed by atoms with Crippen molar-refractivity contribution < 1.29 is 19.0 Å². The zero-order chi connectivity index (χ0) is 14.8. The van der Waals surface area contributed by atoms with Gasteiger partial charge in [-0.3, -0.25) is 0 Å². The lowest BCUT2D eigenvalue weighted by Gasteiger charge is -2.03. The quantitative estimate of drug-likeness (QED) is 0.929. The van der Waals surface area contributed by atoms with Gasteiger partial charge in [0.15, 0.2) is 5.75 Å². The highest BCUT2D eigenvalue weighted by Crippen LogP contribution is 2.21. The molecule has 20 heavy (non-hydrogen) atoms. The van der Waals surface area contributed by atoms with E-state index in [4.69, 9.17) is 15.2 Å². The van der Waals surface area contributed by atoms with Gasteiger partial charge in [0, 0.05) is 6.20 Å². The Hall–Kier alpha value is -2.76. The van der Waals surface area contributed by atoms with Crippen molar-refractivity contribution >= 4 is 6.09 Å². The second kappa shape index (κ2) is 8.36. The molecule has 1 heterocycles. The number of primary amides is 1. The van der Waals surface area contributed by atoms with Crippen molar-refractivity contribution in [2.45, 2.75) is 0 Å². The molecule has 0 saturated carbocycles. The first-order chi connectivity index (χ1) is 9.67. The predicted octanol–water partition coefficient (Wildman–Crippen LogP) is 2.24. The number of amides is 1. The Labute approximate surface area is 117 Å². The topological polar surface area (TPSA) is 83.7 Å². The van der Waals surface area contributed by atoms with Crippen LogP contribution in [-0.4, -0.2) is 25.3 Å². The zero-order valence-corrected chi connectivity index (χ0v) is 11.3. The van der Waals surface area contributed by atoms with Gasteiger partial charge in [-0.05, 0) is 24.3 Å². The first kappa shape index (κ1) is 15.3. The van der Waals surface area contributed by atoms with Crippen LogP contribution in [0, 0.1) is 0 Å². The summed E-state index contributed by atoms with van der Waals surface area (Å²) >= 11 is 0. The lowest BCUT2D eigenvalue weighted by atomic mass is 10.3. The Kier molecular flexibility index (Phi) is 6.40. The highest BCUT2D eigenvalue weighted by Gasteiger charge is 1.99. The SMILES string of the molecule is COc1cccnc1OC.NC(=O)Oc1ccccc1. The molecule has 0 atom stereocenters. The molecule has 0 radical (unpaired) electrons. The Bertz CT molecular complexity index is 509. The number of hydrogen-bond donors (Lipinski definition) is 1. The molecule has 106 valence electrons. The molecule has 0 aliphatic carbocycles. The summed E-state index contributed by atoms with van der Waals surface area (Å²) in [6.07, 6.45) is 0.868. The number of benzene rings is 1. The highest BCUT2D eigenvalue weighted by molar-refractivity contribution is 5.67. The third-order valence-electron chi connectivity index (χ3n) is 2.11. The van der Waals surface area contributed by atoms with Crippen molar-refractivity contribution in [2.24, 2.45) is 5.73 Å². The van der Waals surface area contributed by atoms with Gasteiger partial charge in [-0.25, -0.2) is 9.78 Å². The van der Waals surface area contributed by atoms with Gasteiger partial charge in [0.1, 0.15) is 5.75 Å². The number of carbonyl (C=O) groups is 1. The largest absolute Gasteiger partial charge is 0.491 e. The molecule has 2 N–H and O–H groups in total. The van der Waals surface area contributed by atoms with Gasteiger partial charge in [0.25, 0.3) is 5.88 Å². The average Bonchev–Trinajstić information content (AvgIpc) is 2.48. The molecular weight excluding hydrogens is 260 g/mol. The van der Waals surface area contributed by atoms with E-state index in [1.165, 1.54) is 0 Å². The standard InChI is InChI=1S/C7H9NO2.C7H7NO2/c1-9-6-4-3-5-8-7(6)10-2;8-7(9)10-6-4-2-1-3-5-6/h3-5H,1-2H3;1-5H,(H2,8,9). The van der Waals surface area contributed by atoms with E-state index < -0.39 is 6.09 Å². The molecule has 1 amide bonds. The molecule has 2 aromatic rings. The third kappa shape index (κ3) is 5.26. The summed E-state index contributed by atoms with van der Waals surface area (Å²) in [6, 6.07) is 12.3. The second-order valence-electron chi connectivity index (χ2n) is 3.45. The van der Waals surface area contributed by atoms with Crippen LogP contribution in [0.15, 0.2) is 48.7 Å². The van der Waals surface area contributed by atoms with Crippen LogP contribution in [0.2, 0.25) is 0 Å². The number of nitrogens with zero attached hydrogens (tertiary/aromatic N) is 1. The van der Waals surface area contributed by atoms with E-state index in [-0.39, 0.29) is 0 Å². The summed E-state index contributed by atoms with van der Waals surface area (Å²) in [7, 11) is 3.14. The first-order valence-electron chi connectivity index (χ1n) is 5.72. The van der Waals surface area contributed by atoms with Crippen LogP contribution in [0.5, 0.6) is 17.4 Å². The summed E-state index contributed by atoms with van der Waals surface area (Å²) < 4.78 is 14.4. The predicted molar refractivity (Wildman–Crippen MR) is 74.0 cm³/mol. The normalized spacial score (nSPS) is 8.90. The molecular formula is C14H16N2O4. The fourth-order valence-electron chi connectivity index (χ4n) is 1.29. The minimum Gasteiger partial charge on any atom is -0.491 e. The van der Waals surface area contributed by atoms with E-state index >= 15 is 0 Å². The number of para-hydroxylation sites is 1. The number of aromatic nitrogens is 1. The summed E-state index contributed by atoms with van der Waals surface area (Å²) in [5.41, 5.74) is 4.76. The van der Waals surface area contributed by atoms with Crippen LogP contribution in [-0.2, 0) is 0 Å². The van der Waals surface area contributed by atoms with Gasteiger partial charge in [0.05, 0.1) is 14.2 Å². The van der Waals surface area contributed by atoms with E-state index in [0.29, 0.717) is 17.4 Å². The molecule has 2 rings (SSSR count). The lowest BCUT2D eigenvalue weighted by molar-refractivity contribution is 0.211. The summed E-state index contributed by atoms with van der Waals surface area (Å²) in [6.45, 7) is 0. The van der Waals surface area contributed by atoms with Gasteiger partial charge in [-0.1, -0.05) is 18.2 Å². The van der Waals surface area contributed by atoms with E-state index in [1.54, 1.807) is 56.8 Å². The molecule has 0 bridgehead atoms. The van der Waals surface area contributed by atoms with Gasteiger partial charge in [-0.15, -0.1) is 0 Å². The smallest absolute Gasteiger partial charge is 0.409 e.